The lowest BCUT2D eigenvalue weighted by Gasteiger charge is -2.35. The third-order valence-electron chi connectivity index (χ3n) is 10.2. The van der Waals surface area contributed by atoms with Crippen LogP contribution in [0.5, 0.6) is 11.6 Å². The van der Waals surface area contributed by atoms with Gasteiger partial charge in [-0.3, -0.25) is 4.79 Å². The first-order valence-electron chi connectivity index (χ1n) is 16.3. The minimum Gasteiger partial charge on any atom is -0.497 e. The molecule has 2 aliphatic heterocycles. The molecule has 10 heteroatoms. The molecule has 4 aliphatic rings. The van der Waals surface area contributed by atoms with Crippen molar-refractivity contribution < 1.29 is 28.6 Å². The number of ether oxygens (including phenoxy) is 3. The highest BCUT2D eigenvalue weighted by Gasteiger charge is 2.65. The number of rotatable bonds is 4. The van der Waals surface area contributed by atoms with Crippen LogP contribution in [0.4, 0.5) is 4.79 Å². The second-order valence-electron chi connectivity index (χ2n) is 14.2. The smallest absolute Gasteiger partial charge is 0.408 e. The number of aromatic nitrogens is 2. The summed E-state index contributed by atoms with van der Waals surface area (Å²) >= 11 is 0. The fourth-order valence-electron chi connectivity index (χ4n) is 7.47. The van der Waals surface area contributed by atoms with Crippen LogP contribution in [-0.4, -0.2) is 70.6 Å². The zero-order valence-electron chi connectivity index (χ0n) is 26.6. The van der Waals surface area contributed by atoms with Crippen LogP contribution in [-0.2, 0) is 20.7 Å². The minimum absolute atomic E-state index is 0.204. The maximum Gasteiger partial charge on any atom is 0.408 e. The summed E-state index contributed by atoms with van der Waals surface area (Å²) in [5.41, 5.74) is 1.19. The molecule has 1 N–H and O–H groups in total. The molecule has 6 atom stereocenters. The highest BCUT2D eigenvalue weighted by Crippen LogP contribution is 2.62. The summed E-state index contributed by atoms with van der Waals surface area (Å²) < 4.78 is 18.2. The number of alkyl carbamates (subject to hydrolysis) is 1. The Morgan fingerprint density at radius 2 is 1.89 bits per heavy atom. The van der Waals surface area contributed by atoms with Crippen molar-refractivity contribution in [1.29, 1.82) is 0 Å². The summed E-state index contributed by atoms with van der Waals surface area (Å²) in [6.45, 7) is 7.96. The molecule has 2 aromatic rings. The monoisotopic (exact) mass is 606 g/mol. The zero-order chi connectivity index (χ0) is 31.2. The van der Waals surface area contributed by atoms with E-state index in [0.29, 0.717) is 41.8 Å². The number of hydrogen-bond donors (Lipinski definition) is 1. The van der Waals surface area contributed by atoms with E-state index in [1.807, 2.05) is 45.9 Å². The van der Waals surface area contributed by atoms with E-state index >= 15 is 0 Å². The number of methoxy groups -OCH3 is 1. The van der Waals surface area contributed by atoms with Gasteiger partial charge < -0.3 is 29.2 Å². The number of carbonyl (C=O) groups excluding carboxylic acids is 3. The molecule has 6 rings (SSSR count). The summed E-state index contributed by atoms with van der Waals surface area (Å²) in [7, 11) is 1.62. The lowest BCUT2D eigenvalue weighted by Crippen LogP contribution is -2.57. The van der Waals surface area contributed by atoms with Gasteiger partial charge in [0.1, 0.15) is 35.5 Å². The van der Waals surface area contributed by atoms with E-state index in [1.165, 1.54) is 0 Å². The molecule has 2 amide bonds. The van der Waals surface area contributed by atoms with Gasteiger partial charge in [-0.05, 0) is 68.4 Å². The lowest BCUT2D eigenvalue weighted by atomic mass is 9.85. The van der Waals surface area contributed by atoms with E-state index in [2.05, 4.69) is 5.32 Å². The van der Waals surface area contributed by atoms with Gasteiger partial charge in [-0.15, -0.1) is 0 Å². The molecule has 0 radical (unpaired) electrons. The van der Waals surface area contributed by atoms with Gasteiger partial charge in [-0.25, -0.2) is 14.8 Å². The Morgan fingerprint density at radius 1 is 1.09 bits per heavy atom. The minimum atomic E-state index is -0.871. The van der Waals surface area contributed by atoms with E-state index in [0.717, 1.165) is 62.4 Å². The third kappa shape index (κ3) is 5.84. The Morgan fingerprint density at radius 3 is 2.57 bits per heavy atom. The predicted molar refractivity (Wildman–Crippen MR) is 164 cm³/mol. The van der Waals surface area contributed by atoms with Gasteiger partial charge in [-0.2, -0.15) is 0 Å². The number of amides is 2. The molecule has 2 aliphatic carbocycles. The van der Waals surface area contributed by atoms with Gasteiger partial charge in [0.05, 0.1) is 30.7 Å². The van der Waals surface area contributed by atoms with Crippen molar-refractivity contribution in [2.75, 3.05) is 13.7 Å². The number of hydrogen-bond acceptors (Lipinski definition) is 8. The van der Waals surface area contributed by atoms with Gasteiger partial charge in [0, 0.05) is 17.9 Å². The lowest BCUT2D eigenvalue weighted by molar-refractivity contribution is -0.139. The van der Waals surface area contributed by atoms with Crippen LogP contribution in [0.25, 0.3) is 11.0 Å². The van der Waals surface area contributed by atoms with Gasteiger partial charge in [-0.1, -0.05) is 40.5 Å². The summed E-state index contributed by atoms with van der Waals surface area (Å²) in [5.74, 6) is 1.33. The van der Waals surface area contributed by atoms with Crippen LogP contribution >= 0.6 is 0 Å². The van der Waals surface area contributed by atoms with Crippen molar-refractivity contribution in [2.24, 2.45) is 23.2 Å². The number of aryl methyl sites for hydroxylation is 1. The number of fused-ring (bicyclic) bond motifs is 5. The standard InChI is InChI=1S/C34H46N4O6/c1-6-23-27(19-39)38-18-28(23)43-30-25(35-24-15-14-22(42-5)16-26(24)36-30)11-9-7-8-10-21-17-34(21,20-12-13-20)44-32(41)37-29(31(38)40)33(2,3)4/h14-16,19-21,23,27-29H,6-13,17-18H2,1-5H3,(H,37,41)/t21-,23+,27-,28+,29-,34+/m1/s1. The van der Waals surface area contributed by atoms with Gasteiger partial charge in [0.2, 0.25) is 11.8 Å². The average Bonchev–Trinajstić information content (AvgIpc) is 3.91. The second-order valence-corrected chi connectivity index (χ2v) is 14.2. The highest BCUT2D eigenvalue weighted by molar-refractivity contribution is 5.89. The Balaban J connectivity index is 1.36. The first-order valence-corrected chi connectivity index (χ1v) is 16.3. The Bertz CT molecular complexity index is 1420. The van der Waals surface area contributed by atoms with Crippen LogP contribution in [0, 0.1) is 23.2 Å². The molecule has 10 nitrogen and oxygen atoms in total. The van der Waals surface area contributed by atoms with Crippen LogP contribution in [0.1, 0.15) is 84.8 Å². The number of nitrogens with zero attached hydrogens (tertiary/aromatic N) is 3. The van der Waals surface area contributed by atoms with Crippen molar-refractivity contribution in [3.8, 4) is 11.6 Å². The second kappa shape index (κ2) is 11.8. The summed E-state index contributed by atoms with van der Waals surface area (Å²) in [4.78, 5) is 51.6. The van der Waals surface area contributed by atoms with Crippen molar-refractivity contribution in [3.05, 3.63) is 23.9 Å². The zero-order valence-corrected chi connectivity index (χ0v) is 26.6. The van der Waals surface area contributed by atoms with E-state index in [4.69, 9.17) is 24.2 Å². The van der Waals surface area contributed by atoms with Crippen molar-refractivity contribution in [2.45, 2.75) is 109 Å². The largest absolute Gasteiger partial charge is 0.497 e. The molecule has 0 unspecified atom stereocenters. The van der Waals surface area contributed by atoms with Crippen LogP contribution in [0.2, 0.25) is 0 Å². The third-order valence-corrected chi connectivity index (χ3v) is 10.2. The molecule has 238 valence electrons. The molecule has 3 fully saturated rings. The Hall–Kier alpha value is -3.43. The highest BCUT2D eigenvalue weighted by atomic mass is 16.6. The van der Waals surface area contributed by atoms with Crippen LogP contribution in [0.3, 0.4) is 0 Å². The molecule has 1 saturated heterocycles. The molecular weight excluding hydrogens is 560 g/mol. The first kappa shape index (κ1) is 30.6. The van der Waals surface area contributed by atoms with E-state index in [9.17, 15) is 14.4 Å². The SMILES string of the molecule is CC[C@@H]1[C@@H]2CN(C(=O)[C@H](C(C)(C)C)NC(=O)O[C@]3(C4CC4)C[C@H]3CCCCCc3nc4ccc(OC)cc4nc3O2)[C@@H]1C=O. The summed E-state index contributed by atoms with van der Waals surface area (Å²) in [6, 6.07) is 4.07. The maximum atomic E-state index is 14.2. The fourth-order valence-corrected chi connectivity index (χ4v) is 7.47. The molecule has 1 aromatic carbocycles. The quantitative estimate of drug-likeness (QED) is 0.469. The van der Waals surface area contributed by atoms with Gasteiger partial charge >= 0.3 is 6.09 Å². The molecule has 2 saturated carbocycles. The van der Waals surface area contributed by atoms with Crippen LogP contribution in [0.15, 0.2) is 18.2 Å². The fraction of sp³-hybridized carbons (Fsp3) is 0.676. The van der Waals surface area contributed by atoms with Crippen LogP contribution < -0.4 is 14.8 Å². The molecule has 2 bridgehead atoms. The maximum absolute atomic E-state index is 14.2. The predicted octanol–water partition coefficient (Wildman–Crippen LogP) is 5.25. The molecule has 0 spiro atoms. The topological polar surface area (TPSA) is 120 Å². The molecule has 44 heavy (non-hydrogen) atoms. The van der Waals surface area contributed by atoms with Crippen molar-refractivity contribution in [1.82, 2.24) is 20.2 Å². The molecular formula is C34H46N4O6. The van der Waals surface area contributed by atoms with E-state index in [1.54, 1.807) is 12.0 Å². The summed E-state index contributed by atoms with van der Waals surface area (Å²) in [5, 5.41) is 2.94. The number of carbonyl (C=O) groups is 3. The number of aldehydes is 1. The normalized spacial score (nSPS) is 31.5. The van der Waals surface area contributed by atoms with E-state index < -0.39 is 35.3 Å². The van der Waals surface area contributed by atoms with Crippen molar-refractivity contribution >= 4 is 29.3 Å². The first-order chi connectivity index (χ1) is 21.1. The number of nitrogens with one attached hydrogen (secondary N) is 1. The summed E-state index contributed by atoms with van der Waals surface area (Å²) in [6.07, 6.45) is 8.20. The average molecular weight is 607 g/mol. The number of benzene rings is 1. The van der Waals surface area contributed by atoms with Crippen molar-refractivity contribution in [3.63, 3.8) is 0 Å². The molecule has 3 heterocycles. The van der Waals surface area contributed by atoms with E-state index in [-0.39, 0.29) is 18.4 Å². The van der Waals surface area contributed by atoms with Gasteiger partial charge in [0.15, 0.2) is 0 Å². The Labute approximate surface area is 259 Å². The van der Waals surface area contributed by atoms with Gasteiger partial charge in [0.25, 0.3) is 0 Å². The Kier molecular flexibility index (Phi) is 8.22. The molecule has 1 aromatic heterocycles.